The van der Waals surface area contributed by atoms with Crippen LogP contribution in [0.3, 0.4) is 0 Å². The van der Waals surface area contributed by atoms with E-state index in [1.54, 1.807) is 6.07 Å². The lowest BCUT2D eigenvalue weighted by Gasteiger charge is -2.28. The zero-order chi connectivity index (χ0) is 13.6. The Labute approximate surface area is 113 Å². The number of fused-ring (bicyclic) bond motifs is 3. The van der Waals surface area contributed by atoms with Crippen LogP contribution in [0.5, 0.6) is 5.75 Å². The molecule has 1 heterocycles. The summed E-state index contributed by atoms with van der Waals surface area (Å²) in [7, 11) is 1.51. The van der Waals surface area contributed by atoms with Crippen molar-refractivity contribution in [2.24, 2.45) is 5.73 Å². The lowest BCUT2D eigenvalue weighted by atomic mass is 9.97. The van der Waals surface area contributed by atoms with Gasteiger partial charge in [-0.25, -0.2) is 4.39 Å². The molecule has 1 fully saturated rings. The molecular weight excluding hydrogens is 243 g/mol. The van der Waals surface area contributed by atoms with Crippen LogP contribution >= 0.6 is 0 Å². The van der Waals surface area contributed by atoms with E-state index in [2.05, 4.69) is 4.90 Å². The fraction of sp³-hybridized carbons (Fsp3) is 0.600. The van der Waals surface area contributed by atoms with E-state index in [0.29, 0.717) is 17.7 Å². The van der Waals surface area contributed by atoms with Crippen molar-refractivity contribution in [2.45, 2.75) is 44.2 Å². The molecule has 2 unspecified atom stereocenters. The number of nitrogens with two attached hydrogens (primary N) is 1. The molecule has 2 aliphatic rings. The van der Waals surface area contributed by atoms with Gasteiger partial charge < -0.3 is 15.4 Å². The molecule has 1 saturated carbocycles. The molecule has 2 N–H and O–H groups in total. The Bertz CT molecular complexity index is 489. The molecule has 19 heavy (non-hydrogen) atoms. The number of benzene rings is 1. The SMILES string of the molecule is COc1cc2c(cc1F)C1CCCC1N2C[C@H](C)N. The van der Waals surface area contributed by atoms with Gasteiger partial charge in [0.2, 0.25) is 0 Å². The van der Waals surface area contributed by atoms with Crippen LogP contribution in [0.4, 0.5) is 10.1 Å². The van der Waals surface area contributed by atoms with Crippen LogP contribution in [0.15, 0.2) is 12.1 Å². The van der Waals surface area contributed by atoms with Gasteiger partial charge in [-0.05, 0) is 31.4 Å². The summed E-state index contributed by atoms with van der Waals surface area (Å²) in [5, 5.41) is 0. The maximum atomic E-state index is 13.9. The van der Waals surface area contributed by atoms with Crippen molar-refractivity contribution in [3.63, 3.8) is 0 Å². The molecule has 1 aromatic rings. The Balaban J connectivity index is 2.05. The number of anilines is 1. The summed E-state index contributed by atoms with van der Waals surface area (Å²) in [6.07, 6.45) is 3.55. The molecule has 0 amide bonds. The maximum absolute atomic E-state index is 13.9. The highest BCUT2D eigenvalue weighted by atomic mass is 19.1. The fourth-order valence-corrected chi connectivity index (χ4v) is 3.66. The van der Waals surface area contributed by atoms with Gasteiger partial charge in [-0.3, -0.25) is 0 Å². The molecule has 0 spiro atoms. The van der Waals surface area contributed by atoms with Gasteiger partial charge in [0.1, 0.15) is 0 Å². The number of halogens is 1. The molecule has 0 aromatic heterocycles. The number of ether oxygens (including phenoxy) is 1. The number of rotatable bonds is 3. The number of hydrogen-bond acceptors (Lipinski definition) is 3. The van der Waals surface area contributed by atoms with Gasteiger partial charge >= 0.3 is 0 Å². The summed E-state index contributed by atoms with van der Waals surface area (Å²) in [4.78, 5) is 2.36. The van der Waals surface area contributed by atoms with E-state index in [4.69, 9.17) is 10.5 Å². The second-order valence-corrected chi connectivity index (χ2v) is 5.78. The maximum Gasteiger partial charge on any atom is 0.165 e. The first-order chi connectivity index (χ1) is 9.11. The predicted octanol–water partition coefficient (Wildman–Crippen LogP) is 2.64. The van der Waals surface area contributed by atoms with Crippen LogP contribution in [0, 0.1) is 5.82 Å². The molecule has 3 rings (SSSR count). The summed E-state index contributed by atoms with van der Waals surface area (Å²) in [5.41, 5.74) is 8.22. The summed E-state index contributed by atoms with van der Waals surface area (Å²) < 4.78 is 19.0. The van der Waals surface area contributed by atoms with Crippen LogP contribution in [0.2, 0.25) is 0 Å². The third-order valence-corrected chi connectivity index (χ3v) is 4.37. The van der Waals surface area contributed by atoms with Gasteiger partial charge in [0.25, 0.3) is 0 Å². The van der Waals surface area contributed by atoms with Crippen molar-refractivity contribution in [3.8, 4) is 5.75 Å². The van der Waals surface area contributed by atoms with Crippen molar-refractivity contribution in [1.82, 2.24) is 0 Å². The Hall–Kier alpha value is -1.29. The summed E-state index contributed by atoms with van der Waals surface area (Å²) in [6, 6.07) is 4.11. The van der Waals surface area contributed by atoms with Gasteiger partial charge in [-0.1, -0.05) is 6.42 Å². The standard InChI is InChI=1S/C15H21FN2O/c1-9(17)8-18-13-5-3-4-10(13)11-6-12(16)15(19-2)7-14(11)18/h6-7,9-10,13H,3-5,8,17H2,1-2H3/t9-,10?,13?/m0/s1. The third kappa shape index (κ3) is 1.98. The first-order valence-electron chi connectivity index (χ1n) is 7.01. The van der Waals surface area contributed by atoms with Gasteiger partial charge in [0, 0.05) is 36.3 Å². The quantitative estimate of drug-likeness (QED) is 0.912. The molecule has 4 heteroatoms. The largest absolute Gasteiger partial charge is 0.494 e. The van der Waals surface area contributed by atoms with Crippen LogP contribution in [-0.4, -0.2) is 25.7 Å². The second kappa shape index (κ2) is 4.67. The molecule has 3 atom stereocenters. The van der Waals surface area contributed by atoms with Crippen molar-refractivity contribution in [3.05, 3.63) is 23.5 Å². The minimum absolute atomic E-state index is 0.114. The third-order valence-electron chi connectivity index (χ3n) is 4.37. The Kier molecular flexibility index (Phi) is 3.13. The summed E-state index contributed by atoms with van der Waals surface area (Å²) in [5.74, 6) is 0.539. The average Bonchev–Trinajstić information content (AvgIpc) is 2.92. The summed E-state index contributed by atoms with van der Waals surface area (Å²) in [6.45, 7) is 2.84. The normalized spacial score (nSPS) is 26.2. The van der Waals surface area contributed by atoms with Crippen LogP contribution in [0.1, 0.15) is 37.7 Å². The van der Waals surface area contributed by atoms with Crippen molar-refractivity contribution in [2.75, 3.05) is 18.6 Å². The molecule has 0 radical (unpaired) electrons. The van der Waals surface area contributed by atoms with E-state index in [1.165, 1.54) is 20.0 Å². The zero-order valence-electron chi connectivity index (χ0n) is 11.5. The first kappa shape index (κ1) is 12.7. The van der Waals surface area contributed by atoms with Crippen LogP contribution in [-0.2, 0) is 0 Å². The van der Waals surface area contributed by atoms with Gasteiger partial charge in [-0.2, -0.15) is 0 Å². The lowest BCUT2D eigenvalue weighted by molar-refractivity contribution is 0.386. The van der Waals surface area contributed by atoms with Crippen molar-refractivity contribution >= 4 is 5.69 Å². The predicted molar refractivity (Wildman–Crippen MR) is 74.3 cm³/mol. The van der Waals surface area contributed by atoms with Crippen LogP contribution in [0.25, 0.3) is 0 Å². The van der Waals surface area contributed by atoms with Gasteiger partial charge in [0.15, 0.2) is 11.6 Å². The Morgan fingerprint density at radius 1 is 1.47 bits per heavy atom. The van der Waals surface area contributed by atoms with E-state index in [0.717, 1.165) is 24.2 Å². The minimum atomic E-state index is -0.255. The van der Waals surface area contributed by atoms with E-state index in [-0.39, 0.29) is 11.9 Å². The van der Waals surface area contributed by atoms with Crippen molar-refractivity contribution in [1.29, 1.82) is 0 Å². The van der Waals surface area contributed by atoms with Gasteiger partial charge in [0.05, 0.1) is 7.11 Å². The van der Waals surface area contributed by atoms with Gasteiger partial charge in [-0.15, -0.1) is 0 Å². The smallest absolute Gasteiger partial charge is 0.165 e. The molecule has 1 aliphatic carbocycles. The minimum Gasteiger partial charge on any atom is -0.494 e. The molecule has 104 valence electrons. The highest BCUT2D eigenvalue weighted by Gasteiger charge is 2.42. The molecule has 1 aliphatic heterocycles. The highest BCUT2D eigenvalue weighted by Crippen LogP contribution is 2.50. The Morgan fingerprint density at radius 2 is 2.26 bits per heavy atom. The molecule has 3 nitrogen and oxygen atoms in total. The summed E-state index contributed by atoms with van der Waals surface area (Å²) >= 11 is 0. The van der Waals surface area contributed by atoms with E-state index in [1.807, 2.05) is 13.0 Å². The average molecular weight is 264 g/mol. The second-order valence-electron chi connectivity index (χ2n) is 5.78. The monoisotopic (exact) mass is 264 g/mol. The fourth-order valence-electron chi connectivity index (χ4n) is 3.66. The topological polar surface area (TPSA) is 38.5 Å². The molecule has 1 aromatic carbocycles. The molecular formula is C15H21FN2O. The lowest BCUT2D eigenvalue weighted by Crippen LogP contribution is -2.40. The van der Waals surface area contributed by atoms with E-state index < -0.39 is 0 Å². The van der Waals surface area contributed by atoms with Crippen molar-refractivity contribution < 1.29 is 9.13 Å². The highest BCUT2D eigenvalue weighted by molar-refractivity contribution is 5.65. The van der Waals surface area contributed by atoms with E-state index in [9.17, 15) is 4.39 Å². The number of hydrogen-bond donors (Lipinski definition) is 1. The number of methoxy groups -OCH3 is 1. The van der Waals surface area contributed by atoms with E-state index >= 15 is 0 Å². The molecule has 0 saturated heterocycles. The van der Waals surface area contributed by atoms with Crippen LogP contribution < -0.4 is 15.4 Å². The Morgan fingerprint density at radius 3 is 2.95 bits per heavy atom. The first-order valence-corrected chi connectivity index (χ1v) is 7.01. The zero-order valence-corrected chi connectivity index (χ0v) is 11.5. The molecule has 0 bridgehead atoms. The number of nitrogens with zero attached hydrogens (tertiary/aromatic N) is 1.